The molecule has 0 amide bonds. The molecule has 9 heteroatoms. The van der Waals surface area contributed by atoms with Gasteiger partial charge in [-0.3, -0.25) is 10.9 Å². The van der Waals surface area contributed by atoms with Crippen molar-refractivity contribution in [3.63, 3.8) is 0 Å². The topological polar surface area (TPSA) is 38.5 Å². The molecule has 0 saturated heterocycles. The zero-order valence-corrected chi connectivity index (χ0v) is 14.3. The lowest BCUT2D eigenvalue weighted by Gasteiger charge is -2.22. The Labute approximate surface area is 152 Å². The van der Waals surface area contributed by atoms with Gasteiger partial charge in [-0.15, -0.1) is 0 Å². The van der Waals surface area contributed by atoms with Gasteiger partial charge in [-0.25, -0.2) is 0 Å². The molecule has 0 bridgehead atoms. The number of hydrogen-bond donors (Lipinski definition) is 1. The molecule has 1 unspecified atom stereocenters. The van der Waals surface area contributed by atoms with E-state index in [-0.39, 0.29) is 5.75 Å². The van der Waals surface area contributed by atoms with Crippen molar-refractivity contribution in [1.82, 2.24) is 5.01 Å². The van der Waals surface area contributed by atoms with E-state index >= 15 is 0 Å². The van der Waals surface area contributed by atoms with E-state index in [1.807, 2.05) is 0 Å². The number of nitrogens with two attached hydrogens (primary N) is 1. The molecule has 0 aliphatic heterocycles. The van der Waals surface area contributed by atoms with Gasteiger partial charge in [0.1, 0.15) is 11.9 Å². The fourth-order valence-corrected chi connectivity index (χ4v) is 2.39. The highest BCUT2D eigenvalue weighted by Crippen LogP contribution is 2.33. The summed E-state index contributed by atoms with van der Waals surface area (Å²) >= 11 is 0. The van der Waals surface area contributed by atoms with Crippen LogP contribution in [0.5, 0.6) is 5.75 Å². The second-order valence-electron chi connectivity index (χ2n) is 6.02. The van der Waals surface area contributed by atoms with Gasteiger partial charge in [-0.1, -0.05) is 12.1 Å². The summed E-state index contributed by atoms with van der Waals surface area (Å²) in [6.07, 6.45) is -9.26. The number of rotatable bonds is 6. The summed E-state index contributed by atoms with van der Waals surface area (Å²) in [5.41, 5.74) is -1.15. The van der Waals surface area contributed by atoms with Crippen LogP contribution >= 0.6 is 0 Å². The van der Waals surface area contributed by atoms with E-state index in [1.165, 1.54) is 29.3 Å². The minimum Gasteiger partial charge on any atom is -0.486 e. The lowest BCUT2D eigenvalue weighted by atomic mass is 10.0. The highest BCUT2D eigenvalue weighted by atomic mass is 19.4. The zero-order chi connectivity index (χ0) is 20.2. The van der Waals surface area contributed by atoms with Crippen LogP contribution in [-0.2, 0) is 12.4 Å². The molecule has 1 atom stereocenters. The molecule has 0 spiro atoms. The quantitative estimate of drug-likeness (QED) is 0.425. The normalized spacial score (nSPS) is 13.7. The second-order valence-corrected chi connectivity index (χ2v) is 6.02. The van der Waals surface area contributed by atoms with Crippen LogP contribution in [0.3, 0.4) is 0 Å². The van der Waals surface area contributed by atoms with Crippen molar-refractivity contribution in [2.45, 2.75) is 24.9 Å². The zero-order valence-electron chi connectivity index (χ0n) is 14.3. The van der Waals surface area contributed by atoms with Gasteiger partial charge in [0.2, 0.25) is 0 Å². The van der Waals surface area contributed by atoms with Crippen LogP contribution < -0.4 is 10.6 Å². The Kier molecular flexibility index (Phi) is 6.38. The molecular formula is C18H18F6N2O. The lowest BCUT2D eigenvalue weighted by molar-refractivity contribution is -0.138. The molecule has 27 heavy (non-hydrogen) atoms. The third kappa shape index (κ3) is 6.14. The van der Waals surface area contributed by atoms with Gasteiger partial charge >= 0.3 is 12.4 Å². The molecule has 2 aromatic rings. The summed E-state index contributed by atoms with van der Waals surface area (Å²) in [5.74, 6) is 5.74. The maximum atomic E-state index is 12.7. The number of alkyl halides is 6. The molecule has 0 saturated carbocycles. The maximum absolute atomic E-state index is 12.7. The highest BCUT2D eigenvalue weighted by Gasteiger charge is 2.31. The van der Waals surface area contributed by atoms with Crippen molar-refractivity contribution in [1.29, 1.82) is 0 Å². The van der Waals surface area contributed by atoms with Crippen molar-refractivity contribution in [2.24, 2.45) is 5.84 Å². The molecular weight excluding hydrogens is 374 g/mol. The summed E-state index contributed by atoms with van der Waals surface area (Å²) in [4.78, 5) is 0. The van der Waals surface area contributed by atoms with Crippen molar-refractivity contribution in [3.8, 4) is 5.75 Å². The first-order valence-electron chi connectivity index (χ1n) is 7.94. The summed E-state index contributed by atoms with van der Waals surface area (Å²) < 4.78 is 81.8. The predicted octanol–water partition coefficient (Wildman–Crippen LogP) is 5.04. The van der Waals surface area contributed by atoms with Crippen LogP contribution in [0.2, 0.25) is 0 Å². The average Bonchev–Trinajstić information content (AvgIpc) is 2.57. The largest absolute Gasteiger partial charge is 0.486 e. The average molecular weight is 392 g/mol. The summed E-state index contributed by atoms with van der Waals surface area (Å²) in [5, 5.41) is 1.38. The molecule has 0 radical (unpaired) electrons. The minimum atomic E-state index is -4.46. The maximum Gasteiger partial charge on any atom is 0.416 e. The Bertz CT molecular complexity index is 724. The Balaban J connectivity index is 2.21. The van der Waals surface area contributed by atoms with Gasteiger partial charge in [-0.2, -0.15) is 26.3 Å². The molecule has 0 aliphatic carbocycles. The fourth-order valence-electron chi connectivity index (χ4n) is 2.39. The Hall–Kier alpha value is -2.26. The first kappa shape index (κ1) is 21.0. The third-order valence-corrected chi connectivity index (χ3v) is 3.81. The summed E-state index contributed by atoms with van der Waals surface area (Å²) in [6.45, 7) is 0.367. The monoisotopic (exact) mass is 392 g/mol. The van der Waals surface area contributed by atoms with E-state index in [0.29, 0.717) is 18.5 Å². The molecule has 148 valence electrons. The number of benzene rings is 2. The van der Waals surface area contributed by atoms with Crippen LogP contribution in [0.1, 0.15) is 29.2 Å². The standard InChI is InChI=1S/C18H18F6N2O/c1-26(25)11-10-16(12-2-4-13(5-3-12)17(19,20)21)27-15-8-6-14(7-9-15)18(22,23)24/h2-9,16H,10-11,25H2,1H3. The molecule has 2 rings (SSSR count). The van der Waals surface area contributed by atoms with Crippen LogP contribution in [0.4, 0.5) is 26.3 Å². The van der Waals surface area contributed by atoms with Gasteiger partial charge in [0.15, 0.2) is 0 Å². The Morgan fingerprint density at radius 2 is 1.30 bits per heavy atom. The Morgan fingerprint density at radius 1 is 0.852 bits per heavy atom. The number of ether oxygens (including phenoxy) is 1. The van der Waals surface area contributed by atoms with E-state index < -0.39 is 29.6 Å². The third-order valence-electron chi connectivity index (χ3n) is 3.81. The smallest absolute Gasteiger partial charge is 0.416 e. The van der Waals surface area contributed by atoms with Gasteiger partial charge in [0, 0.05) is 20.0 Å². The fraction of sp³-hybridized carbons (Fsp3) is 0.333. The molecule has 3 nitrogen and oxygen atoms in total. The van der Waals surface area contributed by atoms with E-state index in [4.69, 9.17) is 10.6 Å². The SMILES string of the molecule is CN(N)CCC(Oc1ccc(C(F)(F)F)cc1)c1ccc(C(F)(F)F)cc1. The minimum absolute atomic E-state index is 0.174. The van der Waals surface area contributed by atoms with Gasteiger partial charge < -0.3 is 4.74 Å². The van der Waals surface area contributed by atoms with Crippen molar-refractivity contribution < 1.29 is 31.1 Å². The van der Waals surface area contributed by atoms with E-state index in [0.717, 1.165) is 24.3 Å². The van der Waals surface area contributed by atoms with E-state index in [1.54, 1.807) is 7.05 Å². The highest BCUT2D eigenvalue weighted by molar-refractivity contribution is 5.31. The molecule has 2 N–H and O–H groups in total. The molecule has 0 fully saturated rings. The number of halogens is 6. The van der Waals surface area contributed by atoms with Crippen LogP contribution in [0, 0.1) is 0 Å². The Morgan fingerprint density at radius 3 is 1.70 bits per heavy atom. The molecule has 0 heterocycles. The summed E-state index contributed by atoms with van der Waals surface area (Å²) in [7, 11) is 1.61. The number of hydrogen-bond acceptors (Lipinski definition) is 3. The van der Waals surface area contributed by atoms with Gasteiger partial charge in [0.25, 0.3) is 0 Å². The van der Waals surface area contributed by atoms with Crippen LogP contribution in [0.25, 0.3) is 0 Å². The molecule has 0 aromatic heterocycles. The van der Waals surface area contributed by atoms with Crippen molar-refractivity contribution in [3.05, 3.63) is 65.2 Å². The van der Waals surface area contributed by atoms with Crippen molar-refractivity contribution >= 4 is 0 Å². The van der Waals surface area contributed by atoms with Crippen LogP contribution in [0.15, 0.2) is 48.5 Å². The first-order chi connectivity index (χ1) is 12.5. The number of nitrogens with zero attached hydrogens (tertiary/aromatic N) is 1. The summed E-state index contributed by atoms with van der Waals surface area (Å²) in [6, 6.07) is 8.55. The predicted molar refractivity (Wildman–Crippen MR) is 87.7 cm³/mol. The van der Waals surface area contributed by atoms with E-state index in [9.17, 15) is 26.3 Å². The number of hydrazine groups is 1. The van der Waals surface area contributed by atoms with Gasteiger partial charge in [0.05, 0.1) is 11.1 Å². The van der Waals surface area contributed by atoms with Crippen molar-refractivity contribution in [2.75, 3.05) is 13.6 Å². The second kappa shape index (κ2) is 8.18. The van der Waals surface area contributed by atoms with Crippen LogP contribution in [-0.4, -0.2) is 18.6 Å². The molecule has 0 aliphatic rings. The molecule has 2 aromatic carbocycles. The van der Waals surface area contributed by atoms with Gasteiger partial charge in [-0.05, 0) is 42.0 Å². The van der Waals surface area contributed by atoms with E-state index in [2.05, 4.69) is 0 Å². The first-order valence-corrected chi connectivity index (χ1v) is 7.94. The lowest BCUT2D eigenvalue weighted by Crippen LogP contribution is -2.28.